The van der Waals surface area contributed by atoms with Gasteiger partial charge in [0.25, 0.3) is 15.9 Å². The first-order valence-corrected chi connectivity index (χ1v) is 11.4. The third kappa shape index (κ3) is 4.14. The highest BCUT2D eigenvalue weighted by molar-refractivity contribution is 9.11. The summed E-state index contributed by atoms with van der Waals surface area (Å²) < 4.78 is 33.4. The highest BCUT2D eigenvalue weighted by Crippen LogP contribution is 2.29. The molecule has 0 atom stereocenters. The number of piperazine rings is 1. The fraction of sp³-hybridized carbons (Fsp3) is 0.294. The van der Waals surface area contributed by atoms with Crippen molar-refractivity contribution in [1.82, 2.24) is 19.3 Å². The van der Waals surface area contributed by atoms with Crippen molar-refractivity contribution >= 4 is 37.3 Å². The number of hydrogen-bond acceptors (Lipinski definition) is 7. The summed E-state index contributed by atoms with van der Waals surface area (Å²) in [5.74, 6) is 1.10. The molecule has 1 aliphatic heterocycles. The quantitative estimate of drug-likeness (QED) is 0.572. The van der Waals surface area contributed by atoms with E-state index in [-0.39, 0.29) is 0 Å². The molecular weight excluding hydrogens is 452 g/mol. The van der Waals surface area contributed by atoms with Gasteiger partial charge in [0.15, 0.2) is 5.82 Å². The van der Waals surface area contributed by atoms with E-state index >= 15 is 0 Å². The molecule has 1 saturated heterocycles. The number of benzene rings is 1. The van der Waals surface area contributed by atoms with Crippen LogP contribution in [-0.2, 0) is 16.6 Å². The minimum Gasteiger partial charge on any atom is -0.334 e. The standard InChI is InChI=1S/C17H17BrN4O3S2/c18-14-6-7-16(26-14)27(23,24)22-10-8-21(9-11-22)12-15-19-17(25-20-15)13-4-2-1-3-5-13/h1-7H,8-12H2. The predicted molar refractivity (Wildman–Crippen MR) is 106 cm³/mol. The lowest BCUT2D eigenvalue weighted by molar-refractivity contribution is 0.176. The molecule has 0 amide bonds. The molecule has 1 aromatic carbocycles. The maximum atomic E-state index is 12.7. The van der Waals surface area contributed by atoms with Crippen LogP contribution in [-0.4, -0.2) is 53.9 Å². The molecule has 3 heterocycles. The van der Waals surface area contributed by atoms with Crippen molar-refractivity contribution in [3.63, 3.8) is 0 Å². The fourth-order valence-electron chi connectivity index (χ4n) is 2.91. The summed E-state index contributed by atoms with van der Waals surface area (Å²) in [6, 6.07) is 13.0. The van der Waals surface area contributed by atoms with Gasteiger partial charge in [-0.2, -0.15) is 9.29 Å². The molecule has 142 valence electrons. The molecule has 10 heteroatoms. The van der Waals surface area contributed by atoms with Crippen LogP contribution in [0.5, 0.6) is 0 Å². The number of hydrogen-bond donors (Lipinski definition) is 0. The number of rotatable bonds is 5. The Balaban J connectivity index is 1.37. The molecule has 7 nitrogen and oxygen atoms in total. The zero-order valence-corrected chi connectivity index (χ0v) is 17.5. The van der Waals surface area contributed by atoms with Crippen molar-refractivity contribution in [2.24, 2.45) is 0 Å². The lowest BCUT2D eigenvalue weighted by Crippen LogP contribution is -2.48. The molecule has 0 spiro atoms. The van der Waals surface area contributed by atoms with Gasteiger partial charge in [0.1, 0.15) is 4.21 Å². The van der Waals surface area contributed by atoms with Gasteiger partial charge in [0.05, 0.1) is 10.3 Å². The molecule has 0 unspecified atom stereocenters. The molecule has 4 rings (SSSR count). The maximum Gasteiger partial charge on any atom is 0.257 e. The average molecular weight is 469 g/mol. The largest absolute Gasteiger partial charge is 0.334 e. The maximum absolute atomic E-state index is 12.7. The van der Waals surface area contributed by atoms with Gasteiger partial charge in [0.2, 0.25) is 0 Å². The number of aromatic nitrogens is 2. The van der Waals surface area contributed by atoms with E-state index < -0.39 is 10.0 Å². The minimum atomic E-state index is -3.42. The molecule has 27 heavy (non-hydrogen) atoms. The second kappa shape index (κ2) is 7.80. The number of nitrogens with zero attached hydrogens (tertiary/aromatic N) is 4. The van der Waals surface area contributed by atoms with Crippen molar-refractivity contribution in [2.75, 3.05) is 26.2 Å². The lowest BCUT2D eigenvalue weighted by Gasteiger charge is -2.32. The van der Waals surface area contributed by atoms with Crippen molar-refractivity contribution in [3.05, 3.63) is 52.1 Å². The first-order chi connectivity index (χ1) is 13.0. The second-order valence-electron chi connectivity index (χ2n) is 6.12. The fourth-order valence-corrected chi connectivity index (χ4v) is 6.49. The van der Waals surface area contributed by atoms with Gasteiger partial charge < -0.3 is 4.52 Å². The van der Waals surface area contributed by atoms with Crippen molar-refractivity contribution in [2.45, 2.75) is 10.8 Å². The van der Waals surface area contributed by atoms with E-state index in [9.17, 15) is 8.42 Å². The molecule has 0 N–H and O–H groups in total. The minimum absolute atomic E-state index is 0.369. The Morgan fingerprint density at radius 1 is 1.07 bits per heavy atom. The van der Waals surface area contributed by atoms with Crippen LogP contribution in [0.2, 0.25) is 0 Å². The molecule has 0 radical (unpaired) electrons. The van der Waals surface area contributed by atoms with E-state index in [1.54, 1.807) is 12.1 Å². The number of sulfonamides is 1. The van der Waals surface area contributed by atoms with E-state index in [4.69, 9.17) is 4.52 Å². The van der Waals surface area contributed by atoms with Gasteiger partial charge >= 0.3 is 0 Å². The Morgan fingerprint density at radius 2 is 1.81 bits per heavy atom. The second-order valence-corrected chi connectivity index (χ2v) is 10.7. The third-order valence-electron chi connectivity index (χ3n) is 4.33. The average Bonchev–Trinajstić information content (AvgIpc) is 3.32. The molecule has 0 aliphatic carbocycles. The Labute approximate surface area is 169 Å². The SMILES string of the molecule is O=S(=O)(c1ccc(Br)s1)N1CCN(Cc2noc(-c3ccccc3)n2)CC1. The third-order valence-corrected chi connectivity index (χ3v) is 8.32. The molecule has 3 aromatic rings. The molecule has 0 bridgehead atoms. The zero-order chi connectivity index (χ0) is 18.9. The zero-order valence-electron chi connectivity index (χ0n) is 14.3. The number of thiophene rings is 1. The van der Waals surface area contributed by atoms with E-state index in [2.05, 4.69) is 31.0 Å². The summed E-state index contributed by atoms with van der Waals surface area (Å²) in [5.41, 5.74) is 0.884. The predicted octanol–water partition coefficient (Wildman–Crippen LogP) is 3.07. The van der Waals surface area contributed by atoms with Crippen LogP contribution in [0.1, 0.15) is 5.82 Å². The Kier molecular flexibility index (Phi) is 5.42. The molecular formula is C17H17BrN4O3S2. The highest BCUT2D eigenvalue weighted by atomic mass is 79.9. The van der Waals surface area contributed by atoms with E-state index in [1.807, 2.05) is 30.3 Å². The van der Waals surface area contributed by atoms with Crippen molar-refractivity contribution in [1.29, 1.82) is 0 Å². The lowest BCUT2D eigenvalue weighted by atomic mass is 10.2. The Morgan fingerprint density at radius 3 is 2.48 bits per heavy atom. The van der Waals surface area contributed by atoms with Crippen LogP contribution < -0.4 is 0 Å². The summed E-state index contributed by atoms with van der Waals surface area (Å²) in [5, 5.41) is 4.04. The first kappa shape index (κ1) is 18.8. The van der Waals surface area contributed by atoms with Gasteiger partial charge in [-0.3, -0.25) is 4.90 Å². The van der Waals surface area contributed by atoms with Gasteiger partial charge in [-0.25, -0.2) is 8.42 Å². The smallest absolute Gasteiger partial charge is 0.257 e. The highest BCUT2D eigenvalue weighted by Gasteiger charge is 2.30. The van der Waals surface area contributed by atoms with E-state index in [1.165, 1.54) is 15.6 Å². The Bertz CT molecular complexity index is 1010. The van der Waals surface area contributed by atoms with Gasteiger partial charge in [0, 0.05) is 31.7 Å². The topological polar surface area (TPSA) is 79.5 Å². The van der Waals surface area contributed by atoms with Crippen LogP contribution >= 0.6 is 27.3 Å². The molecule has 2 aromatic heterocycles. The van der Waals surface area contributed by atoms with E-state index in [0.29, 0.717) is 48.6 Å². The summed E-state index contributed by atoms with van der Waals surface area (Å²) in [4.78, 5) is 6.57. The number of halogens is 1. The molecule has 1 fully saturated rings. The first-order valence-electron chi connectivity index (χ1n) is 8.38. The van der Waals surface area contributed by atoms with Gasteiger partial charge in [-0.1, -0.05) is 23.4 Å². The van der Waals surface area contributed by atoms with Crippen LogP contribution in [0.15, 0.2) is 55.0 Å². The van der Waals surface area contributed by atoms with E-state index in [0.717, 1.165) is 9.35 Å². The van der Waals surface area contributed by atoms with Crippen LogP contribution in [0, 0.1) is 0 Å². The normalized spacial score (nSPS) is 16.6. The van der Waals surface area contributed by atoms with Crippen LogP contribution in [0.25, 0.3) is 11.5 Å². The van der Waals surface area contributed by atoms with Crippen molar-refractivity contribution < 1.29 is 12.9 Å². The van der Waals surface area contributed by atoms with Crippen LogP contribution in [0.3, 0.4) is 0 Å². The van der Waals surface area contributed by atoms with Gasteiger partial charge in [-0.15, -0.1) is 11.3 Å². The summed E-state index contributed by atoms with van der Waals surface area (Å²) in [6.45, 7) is 2.68. The summed E-state index contributed by atoms with van der Waals surface area (Å²) in [6.07, 6.45) is 0. The summed E-state index contributed by atoms with van der Waals surface area (Å²) >= 11 is 4.55. The van der Waals surface area contributed by atoms with Crippen molar-refractivity contribution in [3.8, 4) is 11.5 Å². The molecule has 0 saturated carbocycles. The monoisotopic (exact) mass is 468 g/mol. The Hall–Kier alpha value is -1.59. The van der Waals surface area contributed by atoms with Crippen LogP contribution in [0.4, 0.5) is 0 Å². The molecule has 1 aliphatic rings. The van der Waals surface area contributed by atoms with Gasteiger partial charge in [-0.05, 0) is 40.2 Å². The summed E-state index contributed by atoms with van der Waals surface area (Å²) in [7, 11) is -3.42.